The van der Waals surface area contributed by atoms with Gasteiger partial charge in [-0.1, -0.05) is 42.5 Å². The molecule has 1 N–H and O–H groups in total. The molecule has 34 heavy (non-hydrogen) atoms. The number of fused-ring (bicyclic) bond motifs is 1. The summed E-state index contributed by atoms with van der Waals surface area (Å²) in [5.41, 5.74) is 3.26. The zero-order valence-electron chi connectivity index (χ0n) is 19.6. The van der Waals surface area contributed by atoms with Crippen molar-refractivity contribution in [2.45, 2.75) is 32.2 Å². The Balaban J connectivity index is 1.28. The van der Waals surface area contributed by atoms with E-state index in [1.165, 1.54) is 5.56 Å². The number of hydrogen-bond acceptors (Lipinski definition) is 4. The Hall–Kier alpha value is -3.80. The first-order valence-corrected chi connectivity index (χ1v) is 11.7. The molecule has 0 atom stereocenters. The smallest absolute Gasteiger partial charge is 0.220 e. The summed E-state index contributed by atoms with van der Waals surface area (Å²) in [4.78, 5) is 17.0. The highest BCUT2D eigenvalue weighted by molar-refractivity contribution is 5.76. The van der Waals surface area contributed by atoms with Crippen LogP contribution in [0.5, 0.6) is 11.5 Å². The Morgan fingerprint density at radius 1 is 0.912 bits per heavy atom. The van der Waals surface area contributed by atoms with E-state index in [1.807, 2.05) is 60.7 Å². The highest BCUT2D eigenvalue weighted by Gasteiger charge is 2.11. The van der Waals surface area contributed by atoms with E-state index in [2.05, 4.69) is 28.1 Å². The lowest BCUT2D eigenvalue weighted by atomic mass is 10.1. The molecule has 0 aliphatic carbocycles. The first-order valence-electron chi connectivity index (χ1n) is 11.7. The molecule has 0 radical (unpaired) electrons. The molecular formula is C28H31N3O3. The summed E-state index contributed by atoms with van der Waals surface area (Å²) >= 11 is 0. The van der Waals surface area contributed by atoms with Crippen LogP contribution in [0.15, 0.2) is 78.9 Å². The first kappa shape index (κ1) is 23.4. The van der Waals surface area contributed by atoms with Crippen LogP contribution in [0, 0.1) is 0 Å². The Bertz CT molecular complexity index is 1190. The van der Waals surface area contributed by atoms with E-state index in [4.69, 9.17) is 14.5 Å². The molecule has 4 aromatic rings. The number of carbonyl (C=O) groups is 1. The van der Waals surface area contributed by atoms with Crippen molar-refractivity contribution in [2.24, 2.45) is 0 Å². The third-order valence-corrected chi connectivity index (χ3v) is 5.76. The highest BCUT2D eigenvalue weighted by atomic mass is 16.5. The van der Waals surface area contributed by atoms with Gasteiger partial charge in [0.05, 0.1) is 24.7 Å². The van der Waals surface area contributed by atoms with Crippen molar-refractivity contribution in [3.05, 3.63) is 90.3 Å². The second-order valence-corrected chi connectivity index (χ2v) is 8.13. The van der Waals surface area contributed by atoms with Gasteiger partial charge >= 0.3 is 0 Å². The minimum absolute atomic E-state index is 0.0882. The maximum atomic E-state index is 12.2. The Morgan fingerprint density at radius 3 is 2.44 bits per heavy atom. The monoisotopic (exact) mass is 457 g/mol. The highest BCUT2D eigenvalue weighted by Crippen LogP contribution is 2.19. The van der Waals surface area contributed by atoms with Crippen molar-refractivity contribution in [2.75, 3.05) is 20.3 Å². The lowest BCUT2D eigenvalue weighted by molar-refractivity contribution is -0.121. The molecule has 1 aromatic heterocycles. The summed E-state index contributed by atoms with van der Waals surface area (Å²) < 4.78 is 13.4. The van der Waals surface area contributed by atoms with E-state index in [0.29, 0.717) is 26.1 Å². The van der Waals surface area contributed by atoms with Crippen molar-refractivity contribution in [3.8, 4) is 11.5 Å². The third-order valence-electron chi connectivity index (χ3n) is 5.76. The van der Waals surface area contributed by atoms with Crippen LogP contribution >= 0.6 is 0 Å². The van der Waals surface area contributed by atoms with Crippen molar-refractivity contribution in [1.82, 2.24) is 14.9 Å². The zero-order valence-corrected chi connectivity index (χ0v) is 19.6. The quantitative estimate of drug-likeness (QED) is 0.310. The molecule has 4 rings (SSSR count). The SMILES string of the molecule is COc1ccc(OCCn2c(CCCNC(=O)CCc3ccccc3)nc3ccccc32)cc1. The molecule has 176 valence electrons. The van der Waals surface area contributed by atoms with Crippen molar-refractivity contribution >= 4 is 16.9 Å². The van der Waals surface area contributed by atoms with E-state index in [-0.39, 0.29) is 5.91 Å². The summed E-state index contributed by atoms with van der Waals surface area (Å²) in [6.45, 7) is 1.88. The number of amides is 1. The molecule has 1 heterocycles. The van der Waals surface area contributed by atoms with Gasteiger partial charge in [0, 0.05) is 19.4 Å². The molecule has 6 heteroatoms. The lowest BCUT2D eigenvalue weighted by Crippen LogP contribution is -2.25. The lowest BCUT2D eigenvalue weighted by Gasteiger charge is -2.11. The normalized spacial score (nSPS) is 10.9. The number of aryl methyl sites for hydroxylation is 2. The van der Waals surface area contributed by atoms with E-state index in [9.17, 15) is 4.79 Å². The van der Waals surface area contributed by atoms with Gasteiger partial charge in [-0.2, -0.15) is 0 Å². The fourth-order valence-electron chi connectivity index (χ4n) is 3.96. The summed E-state index contributed by atoms with van der Waals surface area (Å²) in [5.74, 6) is 2.72. The zero-order chi connectivity index (χ0) is 23.6. The average Bonchev–Trinajstić information content (AvgIpc) is 3.24. The average molecular weight is 458 g/mol. The van der Waals surface area contributed by atoms with Crippen LogP contribution in [0.4, 0.5) is 0 Å². The van der Waals surface area contributed by atoms with Crippen LogP contribution in [0.2, 0.25) is 0 Å². The van der Waals surface area contributed by atoms with Crippen molar-refractivity contribution in [1.29, 1.82) is 0 Å². The number of nitrogens with one attached hydrogen (secondary N) is 1. The van der Waals surface area contributed by atoms with Gasteiger partial charge in [-0.15, -0.1) is 0 Å². The van der Waals surface area contributed by atoms with E-state index in [0.717, 1.165) is 47.6 Å². The maximum Gasteiger partial charge on any atom is 0.220 e. The van der Waals surface area contributed by atoms with Gasteiger partial charge in [0.2, 0.25) is 5.91 Å². The van der Waals surface area contributed by atoms with E-state index < -0.39 is 0 Å². The minimum Gasteiger partial charge on any atom is -0.497 e. The van der Waals surface area contributed by atoms with E-state index in [1.54, 1.807) is 7.11 Å². The predicted molar refractivity (Wildman–Crippen MR) is 134 cm³/mol. The molecule has 0 saturated heterocycles. The van der Waals surface area contributed by atoms with Gasteiger partial charge in [0.25, 0.3) is 0 Å². The van der Waals surface area contributed by atoms with Crippen molar-refractivity contribution < 1.29 is 14.3 Å². The Morgan fingerprint density at radius 2 is 1.65 bits per heavy atom. The molecular weight excluding hydrogens is 426 g/mol. The fraction of sp³-hybridized carbons (Fsp3) is 0.286. The standard InChI is InChI=1S/C28H31N3O3/c1-33-23-14-16-24(17-15-23)34-21-20-31-26-11-6-5-10-25(26)30-27(31)12-7-19-29-28(32)18-13-22-8-3-2-4-9-22/h2-6,8-11,14-17H,7,12-13,18-21H2,1H3,(H,29,32). The van der Waals surface area contributed by atoms with Crippen LogP contribution in [0.3, 0.4) is 0 Å². The Kier molecular flexibility index (Phi) is 8.17. The summed E-state index contributed by atoms with van der Waals surface area (Å²) in [7, 11) is 1.65. The molecule has 0 aliphatic heterocycles. The first-order chi connectivity index (χ1) is 16.7. The van der Waals surface area contributed by atoms with Crippen LogP contribution < -0.4 is 14.8 Å². The Labute approximate surface area is 200 Å². The number of hydrogen-bond donors (Lipinski definition) is 1. The number of aromatic nitrogens is 2. The molecule has 0 fully saturated rings. The predicted octanol–water partition coefficient (Wildman–Crippen LogP) is 4.81. The van der Waals surface area contributed by atoms with Crippen LogP contribution in [0.1, 0.15) is 24.2 Å². The fourth-order valence-corrected chi connectivity index (χ4v) is 3.96. The second-order valence-electron chi connectivity index (χ2n) is 8.13. The van der Waals surface area contributed by atoms with Crippen LogP contribution in [0.25, 0.3) is 11.0 Å². The number of carbonyl (C=O) groups excluding carboxylic acids is 1. The number of ether oxygens (including phenoxy) is 2. The molecule has 0 spiro atoms. The number of rotatable bonds is 12. The number of para-hydroxylation sites is 2. The van der Waals surface area contributed by atoms with E-state index >= 15 is 0 Å². The third kappa shape index (κ3) is 6.38. The van der Waals surface area contributed by atoms with Crippen LogP contribution in [-0.2, 0) is 24.2 Å². The van der Waals surface area contributed by atoms with Gasteiger partial charge in [-0.3, -0.25) is 4.79 Å². The summed E-state index contributed by atoms with van der Waals surface area (Å²) in [5, 5.41) is 3.04. The minimum atomic E-state index is 0.0882. The largest absolute Gasteiger partial charge is 0.497 e. The van der Waals surface area contributed by atoms with Gasteiger partial charge in [-0.05, 0) is 54.8 Å². The molecule has 6 nitrogen and oxygen atoms in total. The molecule has 0 unspecified atom stereocenters. The number of methoxy groups -OCH3 is 1. The van der Waals surface area contributed by atoms with Crippen LogP contribution in [-0.4, -0.2) is 35.7 Å². The number of imidazole rings is 1. The topological polar surface area (TPSA) is 65.4 Å². The summed E-state index contributed by atoms with van der Waals surface area (Å²) in [6, 6.07) is 25.8. The van der Waals surface area contributed by atoms with Gasteiger partial charge in [0.1, 0.15) is 23.9 Å². The molecule has 0 bridgehead atoms. The van der Waals surface area contributed by atoms with Crippen molar-refractivity contribution in [3.63, 3.8) is 0 Å². The van der Waals surface area contributed by atoms with Gasteiger partial charge in [0.15, 0.2) is 0 Å². The molecule has 0 saturated carbocycles. The molecule has 1 amide bonds. The summed E-state index contributed by atoms with van der Waals surface area (Å²) in [6.07, 6.45) is 2.89. The van der Waals surface area contributed by atoms with Gasteiger partial charge < -0.3 is 19.4 Å². The number of benzene rings is 3. The maximum absolute atomic E-state index is 12.2. The van der Waals surface area contributed by atoms with Gasteiger partial charge in [-0.25, -0.2) is 4.98 Å². The number of nitrogens with zero attached hydrogens (tertiary/aromatic N) is 2. The molecule has 3 aromatic carbocycles. The second kappa shape index (κ2) is 11.9. The molecule has 0 aliphatic rings.